The zero-order chi connectivity index (χ0) is 22.9. The van der Waals surface area contributed by atoms with Crippen molar-refractivity contribution >= 4 is 36.3 Å². The van der Waals surface area contributed by atoms with Gasteiger partial charge in [0.1, 0.15) is 24.2 Å². The van der Waals surface area contributed by atoms with E-state index < -0.39 is 60.1 Å². The second-order valence-corrected chi connectivity index (χ2v) is 7.31. The first-order chi connectivity index (χ1) is 13.4. The lowest BCUT2D eigenvalue weighted by Gasteiger charge is -2.29. The topological polar surface area (TPSA) is 191 Å². The molecule has 0 aromatic heterocycles. The molecule has 3 amide bonds. The Bertz CT molecular complexity index is 588. The van der Waals surface area contributed by atoms with E-state index in [1.165, 1.54) is 13.8 Å². The van der Waals surface area contributed by atoms with Gasteiger partial charge in [0.05, 0.1) is 12.2 Å². The number of carboxylic acid groups (broad SMARTS) is 1. The molecule has 0 aromatic carbocycles. The van der Waals surface area contributed by atoms with E-state index in [0.29, 0.717) is 6.42 Å². The summed E-state index contributed by atoms with van der Waals surface area (Å²) < 4.78 is 0. The van der Waals surface area contributed by atoms with Gasteiger partial charge in [0.25, 0.3) is 0 Å². The van der Waals surface area contributed by atoms with E-state index in [1.54, 1.807) is 13.8 Å². The van der Waals surface area contributed by atoms with Gasteiger partial charge in [0.2, 0.25) is 17.7 Å². The number of hydrogen-bond acceptors (Lipinski definition) is 8. The Hall–Kier alpha value is -1.89. The van der Waals surface area contributed by atoms with Crippen molar-refractivity contribution in [2.45, 2.75) is 70.5 Å². The minimum Gasteiger partial charge on any atom is -0.480 e. The van der Waals surface area contributed by atoms with Gasteiger partial charge in [0, 0.05) is 5.75 Å². The molecule has 0 saturated carbocycles. The number of aliphatic hydroxyl groups excluding tert-OH is 2. The first-order valence-corrected chi connectivity index (χ1v) is 9.86. The van der Waals surface area contributed by atoms with Crippen molar-refractivity contribution < 1.29 is 34.5 Å². The van der Waals surface area contributed by atoms with Crippen LogP contribution in [0.2, 0.25) is 0 Å². The maximum atomic E-state index is 12.6. The van der Waals surface area contributed by atoms with Crippen molar-refractivity contribution in [3.63, 3.8) is 0 Å². The molecule has 0 aliphatic heterocycles. The van der Waals surface area contributed by atoms with Crippen LogP contribution < -0.4 is 21.7 Å². The number of hydrogen-bond donors (Lipinski definition) is 8. The normalized spacial score (nSPS) is 18.3. The van der Waals surface area contributed by atoms with Gasteiger partial charge in [-0.2, -0.15) is 12.6 Å². The smallest absolute Gasteiger partial charge is 0.327 e. The summed E-state index contributed by atoms with van der Waals surface area (Å²) in [5.74, 6) is -4.24. The molecule has 11 nitrogen and oxygen atoms in total. The molecule has 0 aliphatic carbocycles. The van der Waals surface area contributed by atoms with Crippen LogP contribution in [0.3, 0.4) is 0 Å². The molecule has 12 heteroatoms. The Balaban J connectivity index is 5.42. The van der Waals surface area contributed by atoms with Crippen LogP contribution in [0.5, 0.6) is 0 Å². The fourth-order valence-corrected chi connectivity index (χ4v) is 2.51. The van der Waals surface area contributed by atoms with E-state index in [9.17, 15) is 29.4 Å². The first-order valence-electron chi connectivity index (χ1n) is 9.23. The van der Waals surface area contributed by atoms with E-state index in [0.717, 1.165) is 0 Å². The molecular weight excluding hydrogens is 404 g/mol. The highest BCUT2D eigenvalue weighted by atomic mass is 32.1. The van der Waals surface area contributed by atoms with Crippen molar-refractivity contribution in [3.05, 3.63) is 0 Å². The number of carbonyl (C=O) groups excluding carboxylic acids is 3. The summed E-state index contributed by atoms with van der Waals surface area (Å²) in [5.41, 5.74) is 5.52. The Kier molecular flexibility index (Phi) is 11.8. The quantitative estimate of drug-likeness (QED) is 0.155. The maximum Gasteiger partial charge on any atom is 0.327 e. The van der Waals surface area contributed by atoms with Crippen LogP contribution in [0.25, 0.3) is 0 Å². The fraction of sp³-hybridized carbons (Fsp3) is 0.765. The Morgan fingerprint density at radius 1 is 0.897 bits per heavy atom. The monoisotopic (exact) mass is 436 g/mol. The third-order valence-corrected chi connectivity index (χ3v) is 4.84. The number of aliphatic carboxylic acids is 1. The number of carboxylic acids is 1. The van der Waals surface area contributed by atoms with Gasteiger partial charge in [-0.25, -0.2) is 4.79 Å². The number of nitrogens with one attached hydrogen (secondary N) is 3. The number of rotatable bonds is 12. The molecular formula is C17H32N4O7S. The van der Waals surface area contributed by atoms with Gasteiger partial charge < -0.3 is 37.0 Å². The minimum absolute atomic E-state index is 0.147. The van der Waals surface area contributed by atoms with Crippen molar-refractivity contribution in [3.8, 4) is 0 Å². The van der Waals surface area contributed by atoms with E-state index in [1.807, 2.05) is 0 Å². The SMILES string of the molecule is CCC(C)C(NC(=O)C(NC(=O)C(N)C(C)O)C(C)O)C(=O)NC(CS)C(=O)O. The average molecular weight is 437 g/mol. The summed E-state index contributed by atoms with van der Waals surface area (Å²) in [6, 6.07) is -5.11. The molecule has 0 aromatic rings. The van der Waals surface area contributed by atoms with Crippen LogP contribution >= 0.6 is 12.6 Å². The summed E-state index contributed by atoms with van der Waals surface area (Å²) in [4.78, 5) is 48.3. The van der Waals surface area contributed by atoms with Gasteiger partial charge >= 0.3 is 5.97 Å². The van der Waals surface area contributed by atoms with Gasteiger partial charge in [-0.15, -0.1) is 0 Å². The van der Waals surface area contributed by atoms with Crippen molar-refractivity contribution in [1.82, 2.24) is 16.0 Å². The number of amides is 3. The summed E-state index contributed by atoms with van der Waals surface area (Å²) >= 11 is 3.88. The number of aliphatic hydroxyl groups is 2. The Morgan fingerprint density at radius 2 is 1.38 bits per heavy atom. The van der Waals surface area contributed by atoms with E-state index in [2.05, 4.69) is 28.6 Å². The number of thiol groups is 1. The minimum atomic E-state index is -1.44. The van der Waals surface area contributed by atoms with Crippen LogP contribution in [0.4, 0.5) is 0 Å². The molecule has 0 radical (unpaired) electrons. The van der Waals surface area contributed by atoms with Crippen molar-refractivity contribution in [2.24, 2.45) is 11.7 Å². The maximum absolute atomic E-state index is 12.6. The van der Waals surface area contributed by atoms with Gasteiger partial charge in [0.15, 0.2) is 0 Å². The van der Waals surface area contributed by atoms with E-state index in [-0.39, 0.29) is 11.7 Å². The second-order valence-electron chi connectivity index (χ2n) is 6.95. The molecule has 7 unspecified atom stereocenters. The largest absolute Gasteiger partial charge is 0.480 e. The Labute approximate surface area is 175 Å². The van der Waals surface area contributed by atoms with Gasteiger partial charge in [-0.3, -0.25) is 14.4 Å². The lowest BCUT2D eigenvalue weighted by molar-refractivity contribution is -0.142. The lowest BCUT2D eigenvalue weighted by Crippen LogP contribution is -2.61. The first kappa shape index (κ1) is 27.1. The van der Waals surface area contributed by atoms with E-state index in [4.69, 9.17) is 10.8 Å². The summed E-state index contributed by atoms with van der Waals surface area (Å²) in [6.45, 7) is 6.02. The third kappa shape index (κ3) is 8.56. The second kappa shape index (κ2) is 12.6. The molecule has 0 heterocycles. The van der Waals surface area contributed by atoms with Crippen LogP contribution in [-0.4, -0.2) is 81.1 Å². The molecule has 8 N–H and O–H groups in total. The molecule has 0 spiro atoms. The number of carbonyl (C=O) groups is 4. The highest BCUT2D eigenvalue weighted by molar-refractivity contribution is 7.80. The van der Waals surface area contributed by atoms with Gasteiger partial charge in [-0.1, -0.05) is 20.3 Å². The van der Waals surface area contributed by atoms with Crippen LogP contribution in [0.1, 0.15) is 34.1 Å². The predicted octanol–water partition coefficient (Wildman–Crippen LogP) is -2.41. The molecule has 7 atom stereocenters. The van der Waals surface area contributed by atoms with Crippen molar-refractivity contribution in [2.75, 3.05) is 5.75 Å². The zero-order valence-electron chi connectivity index (χ0n) is 17.0. The highest BCUT2D eigenvalue weighted by Crippen LogP contribution is 2.10. The highest BCUT2D eigenvalue weighted by Gasteiger charge is 2.34. The molecule has 0 bridgehead atoms. The lowest BCUT2D eigenvalue weighted by atomic mass is 9.97. The molecule has 29 heavy (non-hydrogen) atoms. The summed E-state index contributed by atoms with van der Waals surface area (Å²) in [6.07, 6.45) is -2.03. The van der Waals surface area contributed by atoms with E-state index >= 15 is 0 Å². The Morgan fingerprint density at radius 3 is 1.76 bits per heavy atom. The van der Waals surface area contributed by atoms with Crippen LogP contribution in [0.15, 0.2) is 0 Å². The zero-order valence-corrected chi connectivity index (χ0v) is 17.8. The molecule has 0 saturated heterocycles. The predicted molar refractivity (Wildman–Crippen MR) is 108 cm³/mol. The summed E-state index contributed by atoms with van der Waals surface area (Å²) in [7, 11) is 0. The average Bonchev–Trinajstić information content (AvgIpc) is 2.65. The molecule has 0 fully saturated rings. The molecule has 168 valence electrons. The fourth-order valence-electron chi connectivity index (χ4n) is 2.27. The third-order valence-electron chi connectivity index (χ3n) is 4.48. The van der Waals surface area contributed by atoms with Gasteiger partial charge in [-0.05, 0) is 19.8 Å². The van der Waals surface area contributed by atoms with Crippen LogP contribution in [-0.2, 0) is 19.2 Å². The standard InChI is InChI=1S/C17H32N4O7S/c1-5-7(2)12(15(25)19-10(6-29)17(27)28)20-16(26)13(9(4)23)21-14(24)11(18)8(3)22/h7-13,22-23,29H,5-6,18H2,1-4H3,(H,19,25)(H,20,26)(H,21,24)(H,27,28). The van der Waals surface area contributed by atoms with Crippen LogP contribution in [0, 0.1) is 5.92 Å². The molecule has 0 rings (SSSR count). The summed E-state index contributed by atoms with van der Waals surface area (Å²) in [5, 5.41) is 35.3. The number of nitrogens with two attached hydrogens (primary N) is 1. The molecule has 0 aliphatic rings. The van der Waals surface area contributed by atoms with Crippen molar-refractivity contribution in [1.29, 1.82) is 0 Å².